The molecule has 0 saturated heterocycles. The van der Waals surface area contributed by atoms with Gasteiger partial charge in [0.25, 0.3) is 0 Å². The second kappa shape index (κ2) is 9.30. The van der Waals surface area contributed by atoms with Crippen LogP contribution in [0.1, 0.15) is 18.9 Å². The molecule has 1 unspecified atom stereocenters. The summed E-state index contributed by atoms with van der Waals surface area (Å²) in [7, 11) is 0. The van der Waals surface area contributed by atoms with Crippen LogP contribution in [-0.2, 0) is 6.54 Å². The summed E-state index contributed by atoms with van der Waals surface area (Å²) in [5, 5.41) is 4.13. The first-order valence-electron chi connectivity index (χ1n) is 6.25. The smallest absolute Gasteiger partial charge is 0.148 e. The van der Waals surface area contributed by atoms with Crippen molar-refractivity contribution < 1.29 is 4.74 Å². The minimum atomic E-state index is 0.304. The van der Waals surface area contributed by atoms with Crippen molar-refractivity contribution in [3.05, 3.63) is 28.2 Å². The fraction of sp³-hybridized carbons (Fsp3) is 0.467. The van der Waals surface area contributed by atoms with E-state index in [9.17, 15) is 0 Å². The molecule has 2 nitrogen and oxygen atoms in total. The summed E-state index contributed by atoms with van der Waals surface area (Å²) >= 11 is 5.37. The van der Waals surface area contributed by atoms with Crippen molar-refractivity contribution in [3.63, 3.8) is 0 Å². The number of nitrogens with one attached hydrogen (secondary N) is 1. The summed E-state index contributed by atoms with van der Waals surface area (Å²) in [6.07, 6.45) is 8.53. The van der Waals surface area contributed by atoms with Gasteiger partial charge in [-0.1, -0.05) is 28.8 Å². The molecule has 0 aromatic heterocycles. The van der Waals surface area contributed by atoms with Crippen LogP contribution in [0.5, 0.6) is 5.75 Å². The number of hydrogen-bond donors (Lipinski definition) is 1. The fourth-order valence-electron chi connectivity index (χ4n) is 1.59. The van der Waals surface area contributed by atoms with Gasteiger partial charge in [0.05, 0.1) is 0 Å². The lowest BCUT2D eigenvalue weighted by Crippen LogP contribution is -2.18. The third kappa shape index (κ3) is 6.38. The third-order valence-electron chi connectivity index (χ3n) is 2.78. The molecule has 0 amide bonds. The third-order valence-corrected chi connectivity index (χ3v) is 4.31. The van der Waals surface area contributed by atoms with E-state index in [0.29, 0.717) is 11.9 Å². The topological polar surface area (TPSA) is 21.3 Å². The number of hydrogen-bond acceptors (Lipinski definition) is 3. The molecule has 104 valence electrons. The maximum absolute atomic E-state index is 5.54. The van der Waals surface area contributed by atoms with E-state index >= 15 is 0 Å². The molecule has 1 aromatic carbocycles. The van der Waals surface area contributed by atoms with E-state index in [1.807, 2.05) is 23.9 Å². The van der Waals surface area contributed by atoms with E-state index in [-0.39, 0.29) is 0 Å². The first-order valence-corrected chi connectivity index (χ1v) is 8.33. The SMILES string of the molecule is C#CCOc1ccc(Br)cc1CNCCC(C)SC. The van der Waals surface area contributed by atoms with Gasteiger partial charge in [-0.05, 0) is 37.4 Å². The van der Waals surface area contributed by atoms with Crippen molar-refractivity contribution in [1.82, 2.24) is 5.32 Å². The lowest BCUT2D eigenvalue weighted by molar-refractivity contribution is 0.364. The highest BCUT2D eigenvalue weighted by molar-refractivity contribution is 9.10. The molecule has 0 spiro atoms. The predicted molar refractivity (Wildman–Crippen MR) is 87.8 cm³/mol. The highest BCUT2D eigenvalue weighted by Gasteiger charge is 2.05. The molecule has 0 bridgehead atoms. The lowest BCUT2D eigenvalue weighted by Gasteiger charge is -2.12. The van der Waals surface area contributed by atoms with Crippen molar-refractivity contribution in [2.24, 2.45) is 0 Å². The molecule has 19 heavy (non-hydrogen) atoms. The molecule has 0 heterocycles. The number of ether oxygens (including phenoxy) is 1. The number of thioether (sulfide) groups is 1. The van der Waals surface area contributed by atoms with Gasteiger partial charge < -0.3 is 10.1 Å². The first kappa shape index (κ1) is 16.4. The lowest BCUT2D eigenvalue weighted by atomic mass is 10.2. The molecule has 1 rings (SSSR count). The van der Waals surface area contributed by atoms with Gasteiger partial charge in [0, 0.05) is 21.8 Å². The molecule has 1 atom stereocenters. The Morgan fingerprint density at radius 3 is 3.00 bits per heavy atom. The molecule has 0 saturated carbocycles. The predicted octanol–water partition coefficient (Wildman–Crippen LogP) is 3.69. The average molecular weight is 342 g/mol. The summed E-state index contributed by atoms with van der Waals surface area (Å²) in [4.78, 5) is 0. The van der Waals surface area contributed by atoms with Gasteiger partial charge in [0.1, 0.15) is 12.4 Å². The van der Waals surface area contributed by atoms with Crippen molar-refractivity contribution >= 4 is 27.7 Å². The minimum absolute atomic E-state index is 0.304. The van der Waals surface area contributed by atoms with Crippen LogP contribution in [0.2, 0.25) is 0 Å². The Balaban J connectivity index is 2.51. The largest absolute Gasteiger partial charge is 0.481 e. The minimum Gasteiger partial charge on any atom is -0.481 e. The van der Waals surface area contributed by atoms with Crippen molar-refractivity contribution in [3.8, 4) is 18.1 Å². The molecule has 1 aromatic rings. The van der Waals surface area contributed by atoms with Gasteiger partial charge in [-0.25, -0.2) is 0 Å². The quantitative estimate of drug-likeness (QED) is 0.575. The highest BCUT2D eigenvalue weighted by Crippen LogP contribution is 2.23. The van der Waals surface area contributed by atoms with Crippen LogP contribution in [0.3, 0.4) is 0 Å². The fourth-order valence-corrected chi connectivity index (χ4v) is 2.35. The Labute approximate surface area is 128 Å². The normalized spacial score (nSPS) is 11.9. The van der Waals surface area contributed by atoms with Gasteiger partial charge in [-0.2, -0.15) is 11.8 Å². The van der Waals surface area contributed by atoms with Crippen LogP contribution in [0, 0.1) is 12.3 Å². The second-order valence-corrected chi connectivity index (χ2v) is 6.45. The van der Waals surface area contributed by atoms with E-state index in [4.69, 9.17) is 11.2 Å². The van der Waals surface area contributed by atoms with E-state index in [1.54, 1.807) is 0 Å². The highest BCUT2D eigenvalue weighted by atomic mass is 79.9. The standard InChI is InChI=1S/C15H20BrNOS/c1-4-9-18-15-6-5-14(16)10-13(15)11-17-8-7-12(2)19-3/h1,5-6,10,12,17H,7-9,11H2,2-3H3. The average Bonchev–Trinajstić information content (AvgIpc) is 2.42. The Morgan fingerprint density at radius 2 is 2.32 bits per heavy atom. The maximum Gasteiger partial charge on any atom is 0.148 e. The molecule has 1 N–H and O–H groups in total. The van der Waals surface area contributed by atoms with Gasteiger partial charge in [-0.3, -0.25) is 0 Å². The maximum atomic E-state index is 5.54. The molecule has 0 aliphatic carbocycles. The van der Waals surface area contributed by atoms with Crippen molar-refractivity contribution in [1.29, 1.82) is 0 Å². The number of halogens is 1. The first-order chi connectivity index (χ1) is 9.17. The van der Waals surface area contributed by atoms with Gasteiger partial charge in [-0.15, -0.1) is 6.42 Å². The van der Waals surface area contributed by atoms with Crippen LogP contribution in [0.4, 0.5) is 0 Å². The van der Waals surface area contributed by atoms with Crippen LogP contribution in [0.25, 0.3) is 0 Å². The van der Waals surface area contributed by atoms with E-state index in [0.717, 1.165) is 35.3 Å². The van der Waals surface area contributed by atoms with E-state index in [1.165, 1.54) is 0 Å². The Bertz CT molecular complexity index is 431. The summed E-state index contributed by atoms with van der Waals surface area (Å²) in [6, 6.07) is 5.98. The Morgan fingerprint density at radius 1 is 1.53 bits per heavy atom. The molecule has 0 fully saturated rings. The molecular formula is C15H20BrNOS. The summed E-state index contributed by atoms with van der Waals surface area (Å²) in [6.45, 7) is 4.34. The monoisotopic (exact) mass is 341 g/mol. The van der Waals surface area contributed by atoms with Gasteiger partial charge in [0.15, 0.2) is 0 Å². The summed E-state index contributed by atoms with van der Waals surface area (Å²) < 4.78 is 6.59. The van der Waals surface area contributed by atoms with Gasteiger partial charge in [0.2, 0.25) is 0 Å². The Hall–Kier alpha value is -0.630. The summed E-state index contributed by atoms with van der Waals surface area (Å²) in [5.41, 5.74) is 1.13. The van der Waals surface area contributed by atoms with E-state index in [2.05, 4.69) is 46.4 Å². The number of benzene rings is 1. The zero-order valence-corrected chi connectivity index (χ0v) is 13.8. The summed E-state index contributed by atoms with van der Waals surface area (Å²) in [5.74, 6) is 3.34. The molecule has 0 aliphatic heterocycles. The number of rotatable bonds is 8. The second-order valence-electron chi connectivity index (χ2n) is 4.26. The number of terminal acetylenes is 1. The van der Waals surface area contributed by atoms with E-state index < -0.39 is 0 Å². The van der Waals surface area contributed by atoms with Crippen LogP contribution >= 0.6 is 27.7 Å². The molecule has 0 radical (unpaired) electrons. The Kier molecular flexibility index (Phi) is 8.04. The van der Waals surface area contributed by atoms with Crippen LogP contribution in [-0.4, -0.2) is 24.7 Å². The van der Waals surface area contributed by atoms with Crippen LogP contribution in [0.15, 0.2) is 22.7 Å². The zero-order chi connectivity index (χ0) is 14.1. The molecule has 0 aliphatic rings. The van der Waals surface area contributed by atoms with Gasteiger partial charge >= 0.3 is 0 Å². The molecule has 4 heteroatoms. The zero-order valence-electron chi connectivity index (χ0n) is 11.4. The van der Waals surface area contributed by atoms with Crippen molar-refractivity contribution in [2.45, 2.75) is 25.1 Å². The van der Waals surface area contributed by atoms with Crippen molar-refractivity contribution in [2.75, 3.05) is 19.4 Å². The molecular weight excluding hydrogens is 322 g/mol. The van der Waals surface area contributed by atoms with Crippen LogP contribution < -0.4 is 10.1 Å².